The summed E-state index contributed by atoms with van der Waals surface area (Å²) < 4.78 is 29.8. The Kier molecular flexibility index (Phi) is 5.03. The van der Waals surface area contributed by atoms with Crippen molar-refractivity contribution in [3.63, 3.8) is 0 Å². The van der Waals surface area contributed by atoms with Crippen LogP contribution in [0.15, 0.2) is 29.4 Å². The van der Waals surface area contributed by atoms with E-state index in [0.29, 0.717) is 18.8 Å². The van der Waals surface area contributed by atoms with Crippen molar-refractivity contribution >= 4 is 42.9 Å². The van der Waals surface area contributed by atoms with Crippen LogP contribution in [0.3, 0.4) is 0 Å². The minimum Gasteiger partial charge on any atom is -0.492 e. The fraction of sp³-hybridized carbons (Fsp3) is 0.250. The van der Waals surface area contributed by atoms with Gasteiger partial charge < -0.3 is 4.74 Å². The molecule has 0 fully saturated rings. The predicted molar refractivity (Wildman–Crippen MR) is 81.9 cm³/mol. The molecule has 0 saturated carbocycles. The van der Waals surface area contributed by atoms with Crippen LogP contribution >= 0.6 is 33.9 Å². The third-order valence-electron chi connectivity index (χ3n) is 2.68. The fourth-order valence-electron chi connectivity index (χ4n) is 1.69. The number of aromatic nitrogens is 2. The number of rotatable bonds is 5. The molecule has 114 valence electrons. The molecule has 1 heterocycles. The highest BCUT2D eigenvalue weighted by molar-refractivity contribution is 8.13. The summed E-state index contributed by atoms with van der Waals surface area (Å²) in [6.07, 6.45) is 4.25. The summed E-state index contributed by atoms with van der Waals surface area (Å²) in [7, 11) is 3.14. The van der Waals surface area contributed by atoms with Crippen molar-refractivity contribution in [1.82, 2.24) is 9.78 Å². The molecular weight excluding hydrogens is 359 g/mol. The van der Waals surface area contributed by atoms with Crippen LogP contribution in [0.4, 0.5) is 0 Å². The Morgan fingerprint density at radius 3 is 2.57 bits per heavy atom. The number of ether oxygens (including phenoxy) is 1. The van der Waals surface area contributed by atoms with Crippen molar-refractivity contribution in [2.24, 2.45) is 7.05 Å². The van der Waals surface area contributed by atoms with Gasteiger partial charge in [0.05, 0.1) is 17.8 Å². The Labute approximate surface area is 136 Å². The molecule has 0 saturated heterocycles. The van der Waals surface area contributed by atoms with Crippen molar-refractivity contribution in [2.45, 2.75) is 11.3 Å². The number of aryl methyl sites for hydroxylation is 1. The molecule has 0 aliphatic heterocycles. The van der Waals surface area contributed by atoms with Crippen LogP contribution < -0.4 is 4.74 Å². The molecule has 5 nitrogen and oxygen atoms in total. The van der Waals surface area contributed by atoms with Gasteiger partial charge in [0.1, 0.15) is 15.7 Å². The van der Waals surface area contributed by atoms with E-state index >= 15 is 0 Å². The van der Waals surface area contributed by atoms with E-state index in [2.05, 4.69) is 5.10 Å². The fourth-order valence-corrected chi connectivity index (χ4v) is 3.48. The van der Waals surface area contributed by atoms with E-state index in [1.54, 1.807) is 10.9 Å². The molecular formula is C12H11Cl3N2O3S. The highest BCUT2D eigenvalue weighted by atomic mass is 35.7. The lowest BCUT2D eigenvalue weighted by molar-refractivity contribution is 0.322. The minimum atomic E-state index is -3.94. The van der Waals surface area contributed by atoms with Crippen LogP contribution in [-0.4, -0.2) is 24.8 Å². The molecule has 0 unspecified atom stereocenters. The summed E-state index contributed by atoms with van der Waals surface area (Å²) in [5.41, 5.74) is 1.01. The average molecular weight is 370 g/mol. The second-order valence-corrected chi connectivity index (χ2v) is 7.54. The van der Waals surface area contributed by atoms with Crippen LogP contribution in [0.25, 0.3) is 0 Å². The van der Waals surface area contributed by atoms with Crippen molar-refractivity contribution < 1.29 is 13.2 Å². The molecule has 2 aromatic rings. The predicted octanol–water partition coefficient (Wildman–Crippen LogP) is 3.28. The molecule has 0 aliphatic carbocycles. The maximum absolute atomic E-state index is 11.3. The quantitative estimate of drug-likeness (QED) is 0.759. The second-order valence-electron chi connectivity index (χ2n) is 4.25. The zero-order chi connectivity index (χ0) is 15.6. The van der Waals surface area contributed by atoms with Crippen LogP contribution in [0, 0.1) is 0 Å². The van der Waals surface area contributed by atoms with Gasteiger partial charge in [-0.05, 0) is 17.7 Å². The molecule has 1 aromatic carbocycles. The van der Waals surface area contributed by atoms with Crippen molar-refractivity contribution in [3.8, 4) is 5.75 Å². The van der Waals surface area contributed by atoms with Crippen LogP contribution in [0.2, 0.25) is 10.0 Å². The van der Waals surface area contributed by atoms with E-state index in [1.807, 2.05) is 13.2 Å². The summed E-state index contributed by atoms with van der Waals surface area (Å²) in [6, 6.07) is 2.68. The van der Waals surface area contributed by atoms with E-state index in [9.17, 15) is 8.42 Å². The first-order valence-electron chi connectivity index (χ1n) is 5.82. The van der Waals surface area contributed by atoms with Gasteiger partial charge in [0.2, 0.25) is 0 Å². The van der Waals surface area contributed by atoms with Crippen molar-refractivity contribution in [2.75, 3.05) is 6.61 Å². The molecule has 0 spiro atoms. The lowest BCUT2D eigenvalue weighted by Crippen LogP contribution is -2.02. The molecule has 21 heavy (non-hydrogen) atoms. The van der Waals surface area contributed by atoms with Gasteiger partial charge in [0.25, 0.3) is 9.05 Å². The largest absolute Gasteiger partial charge is 0.492 e. The normalized spacial score (nSPS) is 11.6. The zero-order valence-corrected chi connectivity index (χ0v) is 14.0. The summed E-state index contributed by atoms with van der Waals surface area (Å²) in [6.45, 7) is 0.356. The molecule has 0 atom stereocenters. The monoisotopic (exact) mass is 368 g/mol. The highest BCUT2D eigenvalue weighted by Gasteiger charge is 2.19. The number of halogens is 3. The second kappa shape index (κ2) is 6.44. The topological polar surface area (TPSA) is 61.2 Å². The maximum atomic E-state index is 11.3. The molecule has 0 bridgehead atoms. The Bertz CT molecular complexity index is 759. The van der Waals surface area contributed by atoms with Gasteiger partial charge >= 0.3 is 0 Å². The van der Waals surface area contributed by atoms with E-state index in [1.165, 1.54) is 12.1 Å². The number of benzene rings is 1. The van der Waals surface area contributed by atoms with Gasteiger partial charge in [-0.3, -0.25) is 4.68 Å². The number of hydrogen-bond acceptors (Lipinski definition) is 4. The lowest BCUT2D eigenvalue weighted by Gasteiger charge is -2.10. The number of hydrogen-bond donors (Lipinski definition) is 0. The lowest BCUT2D eigenvalue weighted by atomic mass is 10.3. The van der Waals surface area contributed by atoms with Gasteiger partial charge in [-0.25, -0.2) is 8.42 Å². The first-order chi connectivity index (χ1) is 9.79. The molecule has 1 aromatic heterocycles. The van der Waals surface area contributed by atoms with Gasteiger partial charge in [0, 0.05) is 30.3 Å². The van der Waals surface area contributed by atoms with Crippen molar-refractivity contribution in [3.05, 3.63) is 40.1 Å². The third kappa shape index (κ3) is 4.03. The molecule has 0 radical (unpaired) electrons. The molecule has 0 aliphatic rings. The van der Waals surface area contributed by atoms with E-state index in [0.717, 1.165) is 5.56 Å². The van der Waals surface area contributed by atoms with Gasteiger partial charge in [-0.1, -0.05) is 23.2 Å². The smallest absolute Gasteiger partial charge is 0.262 e. The van der Waals surface area contributed by atoms with Crippen molar-refractivity contribution in [1.29, 1.82) is 0 Å². The first kappa shape index (κ1) is 16.4. The standard InChI is InChI=1S/C12H11Cl3N2O3S/c1-17-7-8(6-16-17)4-5-20-9-2-3-10(21(15,18)19)12(14)11(9)13/h2-3,6-7H,4-5H2,1H3. The zero-order valence-electron chi connectivity index (χ0n) is 10.9. The average Bonchev–Trinajstić information content (AvgIpc) is 2.79. The van der Waals surface area contributed by atoms with Crippen LogP contribution in [-0.2, 0) is 22.5 Å². The maximum Gasteiger partial charge on any atom is 0.262 e. The summed E-state index contributed by atoms with van der Waals surface area (Å²) in [5.74, 6) is 0.301. The van der Waals surface area contributed by atoms with E-state index in [4.69, 9.17) is 38.6 Å². The Morgan fingerprint density at radius 1 is 1.29 bits per heavy atom. The Morgan fingerprint density at radius 2 is 2.00 bits per heavy atom. The van der Waals surface area contributed by atoms with Crippen LogP contribution in [0.5, 0.6) is 5.75 Å². The minimum absolute atomic E-state index is 0.0181. The van der Waals surface area contributed by atoms with E-state index in [-0.39, 0.29) is 14.9 Å². The third-order valence-corrected chi connectivity index (χ3v) is 5.02. The summed E-state index contributed by atoms with van der Waals surface area (Å²) >= 11 is 11.9. The van der Waals surface area contributed by atoms with Gasteiger partial charge in [0.15, 0.2) is 0 Å². The Hall–Kier alpha value is -0.950. The molecule has 0 amide bonds. The molecule has 2 rings (SSSR count). The first-order valence-corrected chi connectivity index (χ1v) is 8.88. The molecule has 0 N–H and O–H groups in total. The van der Waals surface area contributed by atoms with Gasteiger partial charge in [-0.2, -0.15) is 5.10 Å². The Balaban J connectivity index is 2.09. The molecule has 9 heteroatoms. The SMILES string of the molecule is Cn1cc(CCOc2ccc(S(=O)(=O)Cl)c(Cl)c2Cl)cn1. The van der Waals surface area contributed by atoms with Crippen LogP contribution in [0.1, 0.15) is 5.56 Å². The number of nitrogens with zero attached hydrogens (tertiary/aromatic N) is 2. The summed E-state index contributed by atoms with van der Waals surface area (Å²) in [4.78, 5) is -0.240. The van der Waals surface area contributed by atoms with E-state index < -0.39 is 9.05 Å². The highest BCUT2D eigenvalue weighted by Crippen LogP contribution is 2.37. The van der Waals surface area contributed by atoms with Gasteiger partial charge in [-0.15, -0.1) is 0 Å². The summed E-state index contributed by atoms with van der Waals surface area (Å²) in [5, 5.41) is 3.92.